The van der Waals surface area contributed by atoms with Gasteiger partial charge < -0.3 is 20.1 Å². The smallest absolute Gasteiger partial charge is 0.550 e. The Morgan fingerprint density at radius 1 is 1.09 bits per heavy atom. The van der Waals surface area contributed by atoms with Crippen molar-refractivity contribution in [2.24, 2.45) is 7.05 Å². The van der Waals surface area contributed by atoms with Gasteiger partial charge in [0.25, 0.3) is 0 Å². The fraction of sp³-hybridized carbons (Fsp3) is 0.217. The summed E-state index contributed by atoms with van der Waals surface area (Å²) in [6, 6.07) is 8.39. The van der Waals surface area contributed by atoms with Crippen molar-refractivity contribution in [2.45, 2.75) is 25.0 Å². The average Bonchev–Trinajstić information content (AvgIpc) is 3.29. The fourth-order valence-electron chi connectivity index (χ4n) is 3.92. The molecule has 1 aliphatic rings. The molecule has 2 aromatic carbocycles. The molecule has 3 aromatic rings. The van der Waals surface area contributed by atoms with E-state index in [-0.39, 0.29) is 36.0 Å². The largest absolute Gasteiger partial charge is 1.00 e. The Morgan fingerprint density at radius 2 is 1.68 bits per heavy atom. The van der Waals surface area contributed by atoms with Crippen molar-refractivity contribution >= 4 is 17.1 Å². The van der Waals surface area contributed by atoms with Crippen LogP contribution >= 0.6 is 0 Å². The molecule has 0 saturated carbocycles. The van der Waals surface area contributed by atoms with Gasteiger partial charge in [0.05, 0.1) is 12.2 Å². The topological polar surface area (TPSA) is 124 Å². The van der Waals surface area contributed by atoms with E-state index in [1.807, 2.05) is 0 Å². The van der Waals surface area contributed by atoms with Crippen molar-refractivity contribution in [3.05, 3.63) is 77.1 Å². The zero-order chi connectivity index (χ0) is 23.7. The third-order valence-corrected chi connectivity index (χ3v) is 5.32. The van der Waals surface area contributed by atoms with Crippen LogP contribution in [0.1, 0.15) is 29.8 Å². The summed E-state index contributed by atoms with van der Waals surface area (Å²) >= 11 is 0. The molecule has 4 rings (SSSR count). The molecule has 0 fully saturated rings. The number of halogens is 2. The van der Waals surface area contributed by atoms with Crippen LogP contribution in [-0.4, -0.2) is 48.6 Å². The van der Waals surface area contributed by atoms with Crippen molar-refractivity contribution in [1.29, 1.82) is 0 Å². The first-order valence-electron chi connectivity index (χ1n) is 10.1. The summed E-state index contributed by atoms with van der Waals surface area (Å²) in [6.07, 6.45) is -0.389. The summed E-state index contributed by atoms with van der Waals surface area (Å²) in [5, 5.41) is 42.3. The molecular formula is C23H19F2N4NaO4. The van der Waals surface area contributed by atoms with E-state index in [0.717, 1.165) is 0 Å². The number of tetrazole rings is 1. The van der Waals surface area contributed by atoms with E-state index in [9.17, 15) is 28.9 Å². The Labute approximate surface area is 215 Å². The summed E-state index contributed by atoms with van der Waals surface area (Å²) in [6.45, 7) is 0. The second-order valence-electron chi connectivity index (χ2n) is 7.69. The van der Waals surface area contributed by atoms with Gasteiger partial charge in [-0.05, 0) is 56.9 Å². The standard InChI is InChI=1S/C23H20F2N4O4.Na/c1-29-23(26-27-28-29)18(7-4-14(30)10-15(31)11-21(32)33)22-16-5-2-12(24)8-19(16)20-9-13(25)3-6-17(20)22;/h2-9,14-15,30-31H,10-11H2,1H3,(H,32,33);/q;+1/p-1/b7-4+;. The number of carbonyl (C=O) groups is 1. The monoisotopic (exact) mass is 476 g/mol. The Kier molecular flexibility index (Phi) is 8.11. The quantitative estimate of drug-likeness (QED) is 0.303. The van der Waals surface area contributed by atoms with Gasteiger partial charge in [0, 0.05) is 37.0 Å². The van der Waals surface area contributed by atoms with Crippen molar-refractivity contribution in [3.8, 4) is 11.1 Å². The predicted octanol–water partition coefficient (Wildman–Crippen LogP) is -1.76. The Balaban J connectivity index is 0.00000324. The minimum absolute atomic E-state index is 0. The number of carboxylic acids is 1. The number of rotatable bonds is 7. The van der Waals surface area contributed by atoms with Crippen molar-refractivity contribution in [1.82, 2.24) is 20.2 Å². The van der Waals surface area contributed by atoms with E-state index in [2.05, 4.69) is 15.5 Å². The molecule has 170 valence electrons. The van der Waals surface area contributed by atoms with Gasteiger partial charge in [-0.15, -0.1) is 5.10 Å². The van der Waals surface area contributed by atoms with Gasteiger partial charge >= 0.3 is 29.6 Å². The number of fused-ring (bicyclic) bond motifs is 3. The number of aromatic nitrogens is 4. The second kappa shape index (κ2) is 10.7. The summed E-state index contributed by atoms with van der Waals surface area (Å²) in [4.78, 5) is 10.6. The van der Waals surface area contributed by atoms with Gasteiger partial charge in [-0.2, -0.15) is 0 Å². The van der Waals surface area contributed by atoms with Gasteiger partial charge in [-0.25, -0.2) is 13.5 Å². The van der Waals surface area contributed by atoms with E-state index in [0.29, 0.717) is 39.2 Å². The number of aliphatic carboxylic acids is 1. The van der Waals surface area contributed by atoms with Crippen LogP contribution in [-0.2, 0) is 11.8 Å². The Hall–Kier alpha value is -2.76. The molecule has 1 heterocycles. The second-order valence-corrected chi connectivity index (χ2v) is 7.69. The number of allylic oxidation sites excluding steroid dienone is 2. The molecule has 1 aliphatic carbocycles. The molecule has 0 saturated heterocycles. The maximum Gasteiger partial charge on any atom is 1.00 e. The first kappa shape index (κ1) is 25.9. The van der Waals surface area contributed by atoms with Crippen molar-refractivity contribution in [2.75, 3.05) is 0 Å². The average molecular weight is 476 g/mol. The number of aliphatic hydroxyl groups excluding tert-OH is 2. The molecule has 0 aliphatic heterocycles. The van der Waals surface area contributed by atoms with E-state index < -0.39 is 36.2 Å². The zero-order valence-electron chi connectivity index (χ0n) is 18.4. The van der Waals surface area contributed by atoms with Crippen LogP contribution in [0, 0.1) is 11.6 Å². The van der Waals surface area contributed by atoms with E-state index in [1.54, 1.807) is 25.3 Å². The molecule has 11 heteroatoms. The van der Waals surface area contributed by atoms with Crippen LogP contribution in [0.5, 0.6) is 0 Å². The van der Waals surface area contributed by atoms with Crippen LogP contribution in [0.15, 0.2) is 48.6 Å². The predicted molar refractivity (Wildman–Crippen MR) is 112 cm³/mol. The molecule has 2 atom stereocenters. The minimum atomic E-state index is -1.43. The number of hydrogen-bond acceptors (Lipinski definition) is 7. The Morgan fingerprint density at radius 3 is 2.18 bits per heavy atom. The number of benzene rings is 2. The van der Waals surface area contributed by atoms with Crippen molar-refractivity contribution in [3.63, 3.8) is 0 Å². The van der Waals surface area contributed by atoms with Crippen LogP contribution in [0.4, 0.5) is 8.78 Å². The van der Waals surface area contributed by atoms with Gasteiger partial charge in [-0.1, -0.05) is 24.3 Å². The maximum absolute atomic E-state index is 14.0. The number of carbonyl (C=O) groups excluding carboxylic acids is 1. The van der Waals surface area contributed by atoms with Gasteiger partial charge in [-0.3, -0.25) is 0 Å². The normalized spacial score (nSPS) is 13.9. The van der Waals surface area contributed by atoms with Gasteiger partial charge in [0.2, 0.25) is 0 Å². The molecular weight excluding hydrogens is 457 g/mol. The summed E-state index contributed by atoms with van der Waals surface area (Å²) in [7, 11) is 1.62. The maximum atomic E-state index is 14.0. The molecule has 2 N–H and O–H groups in total. The van der Waals surface area contributed by atoms with Gasteiger partial charge in [0.15, 0.2) is 5.82 Å². The SMILES string of the molecule is Cn1nnnc1C(/C=C/C(O)CC(O)CC(=O)[O-])=C1c2ccc(F)cc2-c2cc(F)ccc21.[Na+]. The van der Waals surface area contributed by atoms with E-state index in [4.69, 9.17) is 0 Å². The van der Waals surface area contributed by atoms with E-state index in [1.165, 1.54) is 35.0 Å². The molecule has 1 aromatic heterocycles. The van der Waals surface area contributed by atoms with Crippen LogP contribution in [0.3, 0.4) is 0 Å². The summed E-state index contributed by atoms with van der Waals surface area (Å²) in [5.41, 5.74) is 3.35. The molecule has 0 bridgehead atoms. The van der Waals surface area contributed by atoms with Crippen molar-refractivity contribution < 1.29 is 58.5 Å². The molecule has 0 spiro atoms. The van der Waals surface area contributed by atoms with E-state index >= 15 is 0 Å². The zero-order valence-corrected chi connectivity index (χ0v) is 20.4. The molecule has 0 radical (unpaired) electrons. The van der Waals surface area contributed by atoms with Crippen LogP contribution in [0.25, 0.3) is 22.3 Å². The molecule has 8 nitrogen and oxygen atoms in total. The number of carboxylic acid groups (broad SMARTS) is 1. The fourth-order valence-corrected chi connectivity index (χ4v) is 3.92. The molecule has 0 amide bonds. The number of aliphatic hydroxyl groups is 2. The summed E-state index contributed by atoms with van der Waals surface area (Å²) in [5.74, 6) is -2.04. The third-order valence-electron chi connectivity index (χ3n) is 5.32. The first-order valence-corrected chi connectivity index (χ1v) is 10.1. The van der Waals surface area contributed by atoms with Crippen LogP contribution in [0.2, 0.25) is 0 Å². The third kappa shape index (κ3) is 5.31. The molecule has 2 unspecified atom stereocenters. The Bertz CT molecular complexity index is 1240. The van der Waals surface area contributed by atoms with Gasteiger partial charge in [0.1, 0.15) is 11.6 Å². The minimum Gasteiger partial charge on any atom is -0.550 e. The van der Waals surface area contributed by atoms with Crippen LogP contribution < -0.4 is 34.7 Å². The summed E-state index contributed by atoms with van der Waals surface area (Å²) < 4.78 is 29.5. The number of hydrogen-bond donors (Lipinski definition) is 2. The number of nitrogens with zero attached hydrogens (tertiary/aromatic N) is 4. The molecule has 34 heavy (non-hydrogen) atoms. The number of aryl methyl sites for hydroxylation is 1. The first-order chi connectivity index (χ1) is 15.7.